The molecule has 1 aromatic rings. The second kappa shape index (κ2) is 5.86. The Labute approximate surface area is 105 Å². The average Bonchev–Trinajstić information content (AvgIpc) is 2.30. The van der Waals surface area contributed by atoms with Crippen LogP contribution in [0.1, 0.15) is 19.4 Å². The summed E-state index contributed by atoms with van der Waals surface area (Å²) < 4.78 is 5.14. The van der Waals surface area contributed by atoms with Crippen molar-refractivity contribution in [1.29, 1.82) is 0 Å². The fourth-order valence-corrected chi connectivity index (χ4v) is 1.40. The molecule has 0 saturated heterocycles. The SMILES string of the molecule is COc1cc(C=C(C)C(=O)O)ccc1NC(C)=O. The number of ether oxygens (including phenoxy) is 1. The Kier molecular flexibility index (Phi) is 4.48. The summed E-state index contributed by atoms with van der Waals surface area (Å²) in [5.74, 6) is -0.685. The first-order chi connectivity index (χ1) is 8.43. The molecule has 0 fully saturated rings. The van der Waals surface area contributed by atoms with Crippen LogP contribution in [0.3, 0.4) is 0 Å². The molecular formula is C13H15NO4. The zero-order valence-electron chi connectivity index (χ0n) is 10.5. The van der Waals surface area contributed by atoms with Gasteiger partial charge in [-0.15, -0.1) is 0 Å². The lowest BCUT2D eigenvalue weighted by molar-refractivity contribution is -0.132. The summed E-state index contributed by atoms with van der Waals surface area (Å²) in [6, 6.07) is 5.04. The normalized spacial score (nSPS) is 10.9. The molecule has 0 atom stereocenters. The molecule has 0 aromatic heterocycles. The molecule has 0 radical (unpaired) electrons. The van der Waals surface area contributed by atoms with E-state index in [4.69, 9.17) is 9.84 Å². The fraction of sp³-hybridized carbons (Fsp3) is 0.231. The minimum absolute atomic E-state index is 0.196. The third kappa shape index (κ3) is 3.62. The minimum Gasteiger partial charge on any atom is -0.495 e. The fourth-order valence-electron chi connectivity index (χ4n) is 1.40. The average molecular weight is 249 g/mol. The van der Waals surface area contributed by atoms with Gasteiger partial charge < -0.3 is 15.2 Å². The number of carbonyl (C=O) groups is 2. The van der Waals surface area contributed by atoms with Crippen LogP contribution < -0.4 is 10.1 Å². The van der Waals surface area contributed by atoms with E-state index in [1.807, 2.05) is 0 Å². The maximum absolute atomic E-state index is 11.0. The standard InChI is InChI=1S/C13H15NO4/c1-8(13(16)17)6-10-4-5-11(14-9(2)15)12(7-10)18-3/h4-7H,1-3H3,(H,14,15)(H,16,17). The Balaban J connectivity index is 3.09. The third-order valence-electron chi connectivity index (χ3n) is 2.26. The first kappa shape index (κ1) is 13.8. The van der Waals surface area contributed by atoms with E-state index in [0.29, 0.717) is 17.0 Å². The topological polar surface area (TPSA) is 75.6 Å². The summed E-state index contributed by atoms with van der Waals surface area (Å²) in [6.07, 6.45) is 1.53. The van der Waals surface area contributed by atoms with Crippen molar-refractivity contribution in [1.82, 2.24) is 0 Å². The van der Waals surface area contributed by atoms with Gasteiger partial charge in [0.25, 0.3) is 0 Å². The van der Waals surface area contributed by atoms with Crippen molar-refractivity contribution in [3.63, 3.8) is 0 Å². The summed E-state index contributed by atoms with van der Waals surface area (Å²) in [5, 5.41) is 11.4. The van der Waals surface area contributed by atoms with Crippen LogP contribution in [0.15, 0.2) is 23.8 Å². The van der Waals surface area contributed by atoms with Gasteiger partial charge in [-0.3, -0.25) is 4.79 Å². The number of nitrogens with one attached hydrogen (secondary N) is 1. The number of methoxy groups -OCH3 is 1. The van der Waals surface area contributed by atoms with E-state index < -0.39 is 5.97 Å². The highest BCUT2D eigenvalue weighted by molar-refractivity contribution is 5.93. The van der Waals surface area contributed by atoms with Crippen LogP contribution in [0.2, 0.25) is 0 Å². The molecule has 1 rings (SSSR count). The zero-order chi connectivity index (χ0) is 13.7. The van der Waals surface area contributed by atoms with Gasteiger partial charge in [0.05, 0.1) is 12.8 Å². The van der Waals surface area contributed by atoms with Gasteiger partial charge in [0.2, 0.25) is 5.91 Å². The number of hydrogen-bond acceptors (Lipinski definition) is 3. The molecule has 0 spiro atoms. The van der Waals surface area contributed by atoms with Crippen molar-refractivity contribution >= 4 is 23.6 Å². The first-order valence-electron chi connectivity index (χ1n) is 5.31. The maximum Gasteiger partial charge on any atom is 0.331 e. The number of aliphatic carboxylic acids is 1. The largest absolute Gasteiger partial charge is 0.495 e. The summed E-state index contributed by atoms with van der Waals surface area (Å²) in [4.78, 5) is 21.7. The molecular weight excluding hydrogens is 234 g/mol. The smallest absolute Gasteiger partial charge is 0.331 e. The van der Waals surface area contributed by atoms with Crippen molar-refractivity contribution in [2.75, 3.05) is 12.4 Å². The molecule has 96 valence electrons. The Morgan fingerprint density at radius 1 is 1.33 bits per heavy atom. The van der Waals surface area contributed by atoms with Crippen molar-refractivity contribution in [2.45, 2.75) is 13.8 Å². The highest BCUT2D eigenvalue weighted by Crippen LogP contribution is 2.26. The summed E-state index contributed by atoms with van der Waals surface area (Å²) in [7, 11) is 1.48. The lowest BCUT2D eigenvalue weighted by Crippen LogP contribution is -2.07. The minimum atomic E-state index is -0.972. The van der Waals surface area contributed by atoms with Gasteiger partial charge in [0.15, 0.2) is 0 Å². The summed E-state index contributed by atoms with van der Waals surface area (Å²) in [6.45, 7) is 2.92. The van der Waals surface area contributed by atoms with Crippen LogP contribution >= 0.6 is 0 Å². The van der Waals surface area contributed by atoms with Gasteiger partial charge >= 0.3 is 5.97 Å². The molecule has 5 heteroatoms. The lowest BCUT2D eigenvalue weighted by atomic mass is 10.1. The van der Waals surface area contributed by atoms with Gasteiger partial charge in [0, 0.05) is 12.5 Å². The van der Waals surface area contributed by atoms with Crippen LogP contribution in [0.4, 0.5) is 5.69 Å². The lowest BCUT2D eigenvalue weighted by Gasteiger charge is -2.09. The predicted octanol–water partition coefficient (Wildman–Crippen LogP) is 2.14. The second-order valence-corrected chi connectivity index (χ2v) is 3.77. The molecule has 1 aromatic carbocycles. The highest BCUT2D eigenvalue weighted by atomic mass is 16.5. The van der Waals surface area contributed by atoms with E-state index in [1.165, 1.54) is 27.0 Å². The Hall–Kier alpha value is -2.30. The van der Waals surface area contributed by atoms with Crippen molar-refractivity contribution < 1.29 is 19.4 Å². The number of carboxylic acid groups (broad SMARTS) is 1. The van der Waals surface area contributed by atoms with Crippen LogP contribution in [-0.2, 0) is 9.59 Å². The van der Waals surface area contributed by atoms with E-state index in [1.54, 1.807) is 18.2 Å². The van der Waals surface area contributed by atoms with Gasteiger partial charge in [-0.25, -0.2) is 4.79 Å². The first-order valence-corrected chi connectivity index (χ1v) is 5.31. The third-order valence-corrected chi connectivity index (χ3v) is 2.26. The van der Waals surface area contributed by atoms with E-state index in [-0.39, 0.29) is 11.5 Å². The van der Waals surface area contributed by atoms with Crippen LogP contribution in [0.25, 0.3) is 6.08 Å². The summed E-state index contributed by atoms with van der Waals surface area (Å²) >= 11 is 0. The number of hydrogen-bond donors (Lipinski definition) is 2. The number of amides is 1. The van der Waals surface area contributed by atoms with Crippen LogP contribution in [-0.4, -0.2) is 24.1 Å². The van der Waals surface area contributed by atoms with Gasteiger partial charge in [-0.05, 0) is 30.7 Å². The maximum atomic E-state index is 11.0. The van der Waals surface area contributed by atoms with Gasteiger partial charge in [0.1, 0.15) is 5.75 Å². The molecule has 2 N–H and O–H groups in total. The number of benzene rings is 1. The molecule has 0 aliphatic rings. The van der Waals surface area contributed by atoms with E-state index in [9.17, 15) is 9.59 Å². The molecule has 0 bridgehead atoms. The molecule has 0 saturated carbocycles. The second-order valence-electron chi connectivity index (χ2n) is 3.77. The van der Waals surface area contributed by atoms with E-state index in [2.05, 4.69) is 5.32 Å². The quantitative estimate of drug-likeness (QED) is 0.801. The molecule has 0 aliphatic carbocycles. The molecule has 18 heavy (non-hydrogen) atoms. The molecule has 0 aliphatic heterocycles. The monoisotopic (exact) mass is 249 g/mol. The van der Waals surface area contributed by atoms with Gasteiger partial charge in [-0.1, -0.05) is 6.07 Å². The van der Waals surface area contributed by atoms with Gasteiger partial charge in [-0.2, -0.15) is 0 Å². The molecule has 1 amide bonds. The zero-order valence-corrected chi connectivity index (χ0v) is 10.5. The number of carboxylic acids is 1. The Bertz CT molecular complexity index is 506. The Morgan fingerprint density at radius 2 is 2.00 bits per heavy atom. The van der Waals surface area contributed by atoms with E-state index >= 15 is 0 Å². The number of anilines is 1. The summed E-state index contributed by atoms with van der Waals surface area (Å²) in [5.41, 5.74) is 1.47. The predicted molar refractivity (Wildman–Crippen MR) is 68.6 cm³/mol. The molecule has 5 nitrogen and oxygen atoms in total. The van der Waals surface area contributed by atoms with Crippen LogP contribution in [0.5, 0.6) is 5.75 Å². The van der Waals surface area contributed by atoms with Crippen molar-refractivity contribution in [2.24, 2.45) is 0 Å². The van der Waals surface area contributed by atoms with E-state index in [0.717, 1.165) is 0 Å². The van der Waals surface area contributed by atoms with Crippen molar-refractivity contribution in [3.05, 3.63) is 29.3 Å². The Morgan fingerprint density at radius 3 is 2.50 bits per heavy atom. The number of rotatable bonds is 4. The van der Waals surface area contributed by atoms with Crippen molar-refractivity contribution in [3.8, 4) is 5.75 Å². The highest BCUT2D eigenvalue weighted by Gasteiger charge is 2.06. The van der Waals surface area contributed by atoms with Crippen LogP contribution in [0, 0.1) is 0 Å². The molecule has 0 unspecified atom stereocenters. The molecule has 0 heterocycles. The number of carbonyl (C=O) groups excluding carboxylic acids is 1.